The van der Waals surface area contributed by atoms with Crippen molar-refractivity contribution in [3.05, 3.63) is 51.9 Å². The maximum Gasteiger partial charge on any atom is 0.261 e. The molecule has 8 heteroatoms. The van der Waals surface area contributed by atoms with E-state index >= 15 is 0 Å². The number of nitrogens with one attached hydrogen (secondary N) is 2. The van der Waals surface area contributed by atoms with Gasteiger partial charge in [-0.2, -0.15) is 10.4 Å². The van der Waals surface area contributed by atoms with Crippen molar-refractivity contribution in [3.63, 3.8) is 0 Å². The van der Waals surface area contributed by atoms with Crippen LogP contribution in [-0.2, 0) is 0 Å². The number of hydrogen-bond donors (Lipinski definition) is 2. The highest BCUT2D eigenvalue weighted by Gasteiger charge is 2.34. The van der Waals surface area contributed by atoms with Gasteiger partial charge in [0.1, 0.15) is 5.39 Å². The molecule has 1 saturated carbocycles. The van der Waals surface area contributed by atoms with E-state index in [1.807, 2.05) is 40.8 Å². The molecule has 1 aliphatic carbocycles. The number of hydrogen-bond acceptors (Lipinski definition) is 5. The predicted molar refractivity (Wildman–Crippen MR) is 127 cm³/mol. The zero-order chi connectivity index (χ0) is 22.9. The van der Waals surface area contributed by atoms with E-state index in [1.165, 1.54) is 6.42 Å². The summed E-state index contributed by atoms with van der Waals surface area (Å²) >= 11 is 0. The first-order chi connectivity index (χ1) is 16.1. The van der Waals surface area contributed by atoms with Crippen molar-refractivity contribution in [1.29, 1.82) is 5.26 Å². The second-order valence-corrected chi connectivity index (χ2v) is 9.13. The number of fused-ring (bicyclic) bond motifs is 1. The minimum atomic E-state index is -0.221. The molecule has 1 aliphatic heterocycles. The molecule has 0 unspecified atom stereocenters. The SMILES string of the molecule is Cc1cc(Nc2nn([C@@H](CC#N)C3CC3)c3cc[nH]c(=O)c23)ccc1C(=O)N1CCCCC1. The van der Waals surface area contributed by atoms with Gasteiger partial charge in [0.05, 0.1) is 24.0 Å². The number of anilines is 2. The van der Waals surface area contributed by atoms with Crippen LogP contribution in [0.1, 0.15) is 60.5 Å². The molecule has 1 amide bonds. The van der Waals surface area contributed by atoms with Crippen LogP contribution in [0.15, 0.2) is 35.3 Å². The summed E-state index contributed by atoms with van der Waals surface area (Å²) in [7, 11) is 0. The highest BCUT2D eigenvalue weighted by molar-refractivity contribution is 5.96. The predicted octanol–water partition coefficient (Wildman–Crippen LogP) is 4.27. The van der Waals surface area contributed by atoms with Gasteiger partial charge < -0.3 is 15.2 Å². The minimum absolute atomic E-state index is 0.0406. The second-order valence-electron chi connectivity index (χ2n) is 9.13. The van der Waals surface area contributed by atoms with E-state index in [4.69, 9.17) is 5.10 Å². The average molecular weight is 445 g/mol. The van der Waals surface area contributed by atoms with E-state index in [0.717, 1.165) is 55.5 Å². The van der Waals surface area contributed by atoms with E-state index < -0.39 is 0 Å². The Morgan fingerprint density at radius 3 is 2.76 bits per heavy atom. The van der Waals surface area contributed by atoms with Gasteiger partial charge >= 0.3 is 0 Å². The Labute approximate surface area is 192 Å². The van der Waals surface area contributed by atoms with Crippen LogP contribution in [0.4, 0.5) is 11.5 Å². The molecule has 0 radical (unpaired) electrons. The fourth-order valence-electron chi connectivity index (χ4n) is 4.85. The quantitative estimate of drug-likeness (QED) is 0.591. The molecule has 0 spiro atoms. The van der Waals surface area contributed by atoms with Crippen LogP contribution in [0.5, 0.6) is 0 Å². The number of amides is 1. The van der Waals surface area contributed by atoms with E-state index in [9.17, 15) is 14.9 Å². The summed E-state index contributed by atoms with van der Waals surface area (Å²) in [6.07, 6.45) is 7.43. The van der Waals surface area contributed by atoms with Gasteiger partial charge in [-0.3, -0.25) is 14.3 Å². The summed E-state index contributed by atoms with van der Waals surface area (Å²) in [5, 5.41) is 17.8. The molecule has 2 N–H and O–H groups in total. The summed E-state index contributed by atoms with van der Waals surface area (Å²) in [6.45, 7) is 3.56. The third-order valence-corrected chi connectivity index (χ3v) is 6.77. The lowest BCUT2D eigenvalue weighted by atomic mass is 10.0. The molecule has 1 saturated heterocycles. The first-order valence-electron chi connectivity index (χ1n) is 11.7. The molecule has 2 fully saturated rings. The minimum Gasteiger partial charge on any atom is -0.339 e. The molecule has 5 rings (SSSR count). The number of aromatic amines is 1. The average Bonchev–Trinajstić information content (AvgIpc) is 3.60. The van der Waals surface area contributed by atoms with Gasteiger partial charge in [-0.1, -0.05) is 0 Å². The second kappa shape index (κ2) is 8.74. The maximum atomic E-state index is 12.9. The van der Waals surface area contributed by atoms with Crippen molar-refractivity contribution >= 4 is 28.3 Å². The Bertz CT molecular complexity index is 1290. The van der Waals surface area contributed by atoms with Crippen LogP contribution in [0, 0.1) is 24.2 Å². The topological polar surface area (TPSA) is 107 Å². The Balaban J connectivity index is 1.47. The Morgan fingerprint density at radius 1 is 1.27 bits per heavy atom. The molecule has 3 heterocycles. The molecule has 2 aromatic heterocycles. The number of carbonyl (C=O) groups is 1. The number of benzene rings is 1. The Morgan fingerprint density at radius 2 is 2.06 bits per heavy atom. The van der Waals surface area contributed by atoms with Gasteiger partial charge in [0.2, 0.25) is 0 Å². The zero-order valence-electron chi connectivity index (χ0n) is 18.8. The first-order valence-corrected chi connectivity index (χ1v) is 11.7. The van der Waals surface area contributed by atoms with Crippen LogP contribution in [0.25, 0.3) is 10.9 Å². The van der Waals surface area contributed by atoms with Gasteiger partial charge in [0.15, 0.2) is 5.82 Å². The fourth-order valence-corrected chi connectivity index (χ4v) is 4.85. The number of pyridine rings is 1. The van der Waals surface area contributed by atoms with Crippen LogP contribution in [-0.4, -0.2) is 38.7 Å². The summed E-state index contributed by atoms with van der Waals surface area (Å²) in [5.74, 6) is 0.959. The third kappa shape index (κ3) is 4.11. The lowest BCUT2D eigenvalue weighted by molar-refractivity contribution is 0.0723. The summed E-state index contributed by atoms with van der Waals surface area (Å²) in [4.78, 5) is 30.3. The standard InChI is InChI=1S/C25H28N6O2/c1-16-15-18(7-8-19(16)25(33)30-13-3-2-4-14-30)28-23-22-21(10-12-27-24(22)32)31(29-23)20(9-11-26)17-5-6-17/h7-8,10,12,15,17,20H,2-6,9,13-14H2,1H3,(H,27,32)(H,28,29)/t20-/m0/s1. The van der Waals surface area contributed by atoms with Gasteiger partial charge in [-0.05, 0) is 74.8 Å². The molecule has 33 heavy (non-hydrogen) atoms. The van der Waals surface area contributed by atoms with Crippen molar-refractivity contribution in [2.75, 3.05) is 18.4 Å². The van der Waals surface area contributed by atoms with Crippen molar-refractivity contribution in [3.8, 4) is 6.07 Å². The lowest BCUT2D eigenvalue weighted by Crippen LogP contribution is -2.35. The molecular weight excluding hydrogens is 416 g/mol. The number of rotatable bonds is 6. The molecule has 1 aromatic carbocycles. The van der Waals surface area contributed by atoms with Crippen molar-refractivity contribution in [2.24, 2.45) is 5.92 Å². The number of nitriles is 1. The Hall–Kier alpha value is -3.60. The van der Waals surface area contributed by atoms with Crippen LogP contribution < -0.4 is 10.9 Å². The normalized spacial score (nSPS) is 17.0. The van der Waals surface area contributed by atoms with Gasteiger partial charge in [0, 0.05) is 30.5 Å². The number of carbonyl (C=O) groups excluding carboxylic acids is 1. The zero-order valence-corrected chi connectivity index (χ0v) is 18.8. The van der Waals surface area contributed by atoms with Gasteiger partial charge in [0.25, 0.3) is 11.5 Å². The highest BCUT2D eigenvalue weighted by atomic mass is 16.2. The largest absolute Gasteiger partial charge is 0.339 e. The van der Waals surface area contributed by atoms with Crippen LogP contribution in [0.2, 0.25) is 0 Å². The number of H-pyrrole nitrogens is 1. The molecule has 2 aliphatic rings. The summed E-state index contributed by atoms with van der Waals surface area (Å²) in [5.41, 5.74) is 2.86. The van der Waals surface area contributed by atoms with Crippen LogP contribution in [0.3, 0.4) is 0 Å². The third-order valence-electron chi connectivity index (χ3n) is 6.77. The van der Waals surface area contributed by atoms with E-state index in [0.29, 0.717) is 29.1 Å². The fraction of sp³-hybridized carbons (Fsp3) is 0.440. The van der Waals surface area contributed by atoms with E-state index in [2.05, 4.69) is 16.4 Å². The molecule has 1 atom stereocenters. The van der Waals surface area contributed by atoms with Crippen molar-refractivity contribution in [2.45, 2.75) is 51.5 Å². The maximum absolute atomic E-state index is 12.9. The summed E-state index contributed by atoms with van der Waals surface area (Å²) < 4.78 is 1.84. The number of aryl methyl sites for hydroxylation is 1. The van der Waals surface area contributed by atoms with Crippen molar-refractivity contribution in [1.82, 2.24) is 19.7 Å². The number of nitrogens with zero attached hydrogens (tertiary/aromatic N) is 4. The van der Waals surface area contributed by atoms with E-state index in [1.54, 1.807) is 6.20 Å². The number of piperidine rings is 1. The lowest BCUT2D eigenvalue weighted by Gasteiger charge is -2.27. The van der Waals surface area contributed by atoms with Crippen LogP contribution >= 0.6 is 0 Å². The monoisotopic (exact) mass is 444 g/mol. The smallest absolute Gasteiger partial charge is 0.261 e. The number of likely N-dealkylation sites (tertiary alicyclic amines) is 1. The highest BCUT2D eigenvalue weighted by Crippen LogP contribution is 2.43. The molecular formula is C25H28N6O2. The molecule has 0 bridgehead atoms. The summed E-state index contributed by atoms with van der Waals surface area (Å²) in [6, 6.07) is 9.71. The Kier molecular flexibility index (Phi) is 5.63. The molecule has 170 valence electrons. The van der Waals surface area contributed by atoms with E-state index in [-0.39, 0.29) is 17.5 Å². The van der Waals surface area contributed by atoms with Gasteiger partial charge in [-0.15, -0.1) is 0 Å². The first kappa shape index (κ1) is 21.3. The number of aromatic nitrogens is 3. The van der Waals surface area contributed by atoms with Crippen molar-refractivity contribution < 1.29 is 4.79 Å². The molecule has 8 nitrogen and oxygen atoms in total. The van der Waals surface area contributed by atoms with Gasteiger partial charge in [-0.25, -0.2) is 0 Å². The molecule has 3 aromatic rings.